The molecular formula is C62H68N2O8. The summed E-state index contributed by atoms with van der Waals surface area (Å²) in [5.41, 5.74) is 10.8. The Balaban J connectivity index is 0.997. The van der Waals surface area contributed by atoms with Gasteiger partial charge >= 0.3 is 0 Å². The highest BCUT2D eigenvalue weighted by atomic mass is 16.7. The highest BCUT2D eigenvalue weighted by Gasteiger charge is 2.27. The number of ether oxygens (including phenoxy) is 8. The Labute approximate surface area is 424 Å². The molecule has 4 unspecified atom stereocenters. The molecule has 10 heteroatoms. The fourth-order valence-electron chi connectivity index (χ4n) is 10.5. The zero-order chi connectivity index (χ0) is 48.3. The molecule has 0 spiro atoms. The lowest BCUT2D eigenvalue weighted by Gasteiger charge is -2.33. The molecule has 0 N–H and O–H groups in total. The maximum atomic E-state index is 6.25. The third-order valence-corrected chi connectivity index (χ3v) is 14.4. The van der Waals surface area contributed by atoms with Crippen LogP contribution in [0.25, 0.3) is 21.5 Å². The van der Waals surface area contributed by atoms with Crippen molar-refractivity contribution in [2.75, 3.05) is 36.2 Å². The van der Waals surface area contributed by atoms with Crippen LogP contribution in [0.15, 0.2) is 146 Å². The average Bonchev–Trinajstić information content (AvgIpc) is 3.46. The molecule has 7 aromatic rings. The number of rotatable bonds is 18. The number of anilines is 6. The van der Waals surface area contributed by atoms with Crippen LogP contribution in [0.2, 0.25) is 0 Å². The minimum atomic E-state index is -0.153. The van der Waals surface area contributed by atoms with Gasteiger partial charge in [0.1, 0.15) is 0 Å². The Morgan fingerprint density at radius 1 is 0.306 bits per heavy atom. The fourth-order valence-corrected chi connectivity index (χ4v) is 10.5. The first-order chi connectivity index (χ1) is 35.7. The summed E-state index contributed by atoms with van der Waals surface area (Å²) in [6, 6.07) is 53.0. The molecule has 4 aliphatic heterocycles. The molecular weight excluding hydrogens is 901 g/mol. The summed E-state index contributed by atoms with van der Waals surface area (Å²) in [4.78, 5) is 4.83. The molecule has 0 aliphatic carbocycles. The van der Waals surface area contributed by atoms with Gasteiger partial charge in [0.25, 0.3) is 0 Å². The van der Waals surface area contributed by atoms with Crippen LogP contribution in [-0.2, 0) is 64.3 Å². The highest BCUT2D eigenvalue weighted by molar-refractivity contribution is 6.23. The minimum absolute atomic E-state index is 0.153. The van der Waals surface area contributed by atoms with Gasteiger partial charge in [-0.05, 0) is 148 Å². The van der Waals surface area contributed by atoms with E-state index in [1.54, 1.807) is 0 Å². The van der Waals surface area contributed by atoms with E-state index in [1.807, 2.05) is 0 Å². The van der Waals surface area contributed by atoms with Gasteiger partial charge in [-0.15, -0.1) is 0 Å². The van der Waals surface area contributed by atoms with Gasteiger partial charge in [0.2, 0.25) is 0 Å². The predicted octanol–water partition coefficient (Wildman–Crippen LogP) is 15.1. The van der Waals surface area contributed by atoms with E-state index in [4.69, 9.17) is 37.9 Å². The maximum absolute atomic E-state index is 6.25. The fraction of sp³-hybridized carbons (Fsp3) is 0.387. The molecule has 0 saturated carbocycles. The van der Waals surface area contributed by atoms with Crippen LogP contribution in [0, 0.1) is 0 Å². The quantitative estimate of drug-likeness (QED) is 0.0613. The normalized spacial score (nSPS) is 20.7. The SMILES string of the molecule is c1ccc2c(N(c3ccc(COC4CCCCO4)cc3)c3ccc(COC4CCCCO4)cc3)c3ccccc3c(N(c3ccc(COC4CCCCO4)cc3)c3ccc(COC4CCCCO4)cc3)c2c1. The predicted molar refractivity (Wildman–Crippen MR) is 284 cm³/mol. The van der Waals surface area contributed by atoms with Gasteiger partial charge in [0.05, 0.1) is 37.8 Å². The number of hydrogen-bond acceptors (Lipinski definition) is 10. The monoisotopic (exact) mass is 968 g/mol. The lowest BCUT2D eigenvalue weighted by molar-refractivity contribution is -0.169. The van der Waals surface area contributed by atoms with Crippen LogP contribution >= 0.6 is 0 Å². The third-order valence-electron chi connectivity index (χ3n) is 14.4. The molecule has 4 heterocycles. The van der Waals surface area contributed by atoms with Crippen LogP contribution in [-0.4, -0.2) is 51.6 Å². The Bertz CT molecular complexity index is 2420. The van der Waals surface area contributed by atoms with Crippen molar-refractivity contribution < 1.29 is 37.9 Å². The van der Waals surface area contributed by atoms with Crippen molar-refractivity contribution in [3.63, 3.8) is 0 Å². The summed E-state index contributed by atoms with van der Waals surface area (Å²) in [5, 5.41) is 4.48. The molecule has 7 aromatic carbocycles. The largest absolute Gasteiger partial charge is 0.353 e. The molecule has 374 valence electrons. The molecule has 4 aliphatic rings. The first-order valence-corrected chi connectivity index (χ1v) is 26.5. The van der Waals surface area contributed by atoms with Crippen molar-refractivity contribution in [1.82, 2.24) is 0 Å². The van der Waals surface area contributed by atoms with Gasteiger partial charge in [-0.1, -0.05) is 97.1 Å². The molecule has 0 radical (unpaired) electrons. The summed E-state index contributed by atoms with van der Waals surface area (Å²) in [5.74, 6) is 0. The number of benzene rings is 7. The molecule has 72 heavy (non-hydrogen) atoms. The van der Waals surface area contributed by atoms with Crippen molar-refractivity contribution in [1.29, 1.82) is 0 Å². The molecule has 4 saturated heterocycles. The van der Waals surface area contributed by atoms with E-state index < -0.39 is 0 Å². The van der Waals surface area contributed by atoms with Crippen LogP contribution < -0.4 is 9.80 Å². The first kappa shape index (κ1) is 48.6. The van der Waals surface area contributed by atoms with Gasteiger partial charge in [-0.25, -0.2) is 0 Å². The smallest absolute Gasteiger partial charge is 0.158 e. The zero-order valence-electron chi connectivity index (χ0n) is 41.5. The summed E-state index contributed by atoms with van der Waals surface area (Å²) in [7, 11) is 0. The summed E-state index contributed by atoms with van der Waals surface area (Å²) >= 11 is 0. The molecule has 0 aromatic heterocycles. The van der Waals surface area contributed by atoms with Crippen molar-refractivity contribution in [2.24, 2.45) is 0 Å². The topological polar surface area (TPSA) is 80.3 Å². The number of fused-ring (bicyclic) bond motifs is 2. The van der Waals surface area contributed by atoms with Gasteiger partial charge in [0, 0.05) is 70.7 Å². The van der Waals surface area contributed by atoms with Gasteiger partial charge in [-0.3, -0.25) is 0 Å². The van der Waals surface area contributed by atoms with Crippen molar-refractivity contribution >= 4 is 55.7 Å². The highest BCUT2D eigenvalue weighted by Crippen LogP contribution is 2.51. The Hall–Kier alpha value is -5.66. The molecule has 4 fully saturated rings. The Kier molecular flexibility index (Phi) is 16.1. The maximum Gasteiger partial charge on any atom is 0.158 e. The third kappa shape index (κ3) is 11.7. The number of nitrogens with zero attached hydrogens (tertiary/aromatic N) is 2. The second-order valence-electron chi connectivity index (χ2n) is 19.6. The molecule has 0 bridgehead atoms. The molecule has 4 atom stereocenters. The standard InChI is InChI=1S/C62H68N2O8/c1-2-14-54-53(13-1)61(63(49-29-21-45(22-30-49)41-69-57-17-5-9-37-65-57)50-31-23-46(24-32-50)42-70-58-18-6-10-38-66-58)55-15-3-4-16-56(55)62(54)64(51-33-25-47(26-34-51)43-71-59-19-7-11-39-67-59)52-35-27-48(28-36-52)44-72-60-20-8-12-40-68-60/h1-4,13-16,21-36,57-60H,5-12,17-20,37-44H2. The average molecular weight is 969 g/mol. The van der Waals surface area contributed by atoms with E-state index >= 15 is 0 Å². The van der Waals surface area contributed by atoms with Crippen molar-refractivity contribution in [2.45, 2.75) is 129 Å². The molecule has 11 rings (SSSR count). The van der Waals surface area contributed by atoms with E-state index in [0.29, 0.717) is 26.4 Å². The second kappa shape index (κ2) is 23.9. The van der Waals surface area contributed by atoms with Gasteiger partial charge in [0.15, 0.2) is 25.2 Å². The first-order valence-electron chi connectivity index (χ1n) is 26.5. The van der Waals surface area contributed by atoms with Crippen molar-refractivity contribution in [3.8, 4) is 0 Å². The molecule has 0 amide bonds. The second-order valence-corrected chi connectivity index (χ2v) is 19.6. The zero-order valence-corrected chi connectivity index (χ0v) is 41.5. The summed E-state index contributed by atoms with van der Waals surface area (Å²) in [6.45, 7) is 5.00. The lowest BCUT2D eigenvalue weighted by Crippen LogP contribution is -2.22. The molecule has 10 nitrogen and oxygen atoms in total. The van der Waals surface area contributed by atoms with Gasteiger partial charge in [-0.2, -0.15) is 0 Å². The van der Waals surface area contributed by atoms with Crippen LogP contribution in [0.3, 0.4) is 0 Å². The summed E-state index contributed by atoms with van der Waals surface area (Å²) in [6.07, 6.45) is 12.0. The van der Waals surface area contributed by atoms with Crippen LogP contribution in [0.1, 0.15) is 99.3 Å². The van der Waals surface area contributed by atoms with E-state index in [9.17, 15) is 0 Å². The van der Waals surface area contributed by atoms with Crippen molar-refractivity contribution in [3.05, 3.63) is 168 Å². The van der Waals surface area contributed by atoms with Gasteiger partial charge < -0.3 is 47.7 Å². The van der Waals surface area contributed by atoms with E-state index in [-0.39, 0.29) is 25.2 Å². The Morgan fingerprint density at radius 2 is 0.542 bits per heavy atom. The number of hydrogen-bond donors (Lipinski definition) is 0. The van der Waals surface area contributed by atoms with E-state index in [0.717, 1.165) is 181 Å². The van der Waals surface area contributed by atoms with Crippen LogP contribution in [0.5, 0.6) is 0 Å². The van der Waals surface area contributed by atoms with E-state index in [2.05, 4.69) is 155 Å². The minimum Gasteiger partial charge on any atom is -0.353 e. The lowest BCUT2D eigenvalue weighted by atomic mass is 9.95. The van der Waals surface area contributed by atoms with E-state index in [1.165, 1.54) is 0 Å². The Morgan fingerprint density at radius 3 is 0.750 bits per heavy atom. The summed E-state index contributed by atoms with van der Waals surface area (Å²) < 4.78 is 48.6. The van der Waals surface area contributed by atoms with Crippen LogP contribution in [0.4, 0.5) is 34.1 Å².